The number of halogens is 3. The zero-order valence-electron chi connectivity index (χ0n) is 14.0. The molecule has 0 saturated carbocycles. The van der Waals surface area contributed by atoms with E-state index in [9.17, 15) is 26.4 Å². The number of hydrogen-bond donors (Lipinski definition) is 3. The highest BCUT2D eigenvalue weighted by Crippen LogP contribution is 2.37. The first-order chi connectivity index (χ1) is 12.6. The first-order valence-corrected chi connectivity index (χ1v) is 9.35. The fourth-order valence-corrected chi connectivity index (χ4v) is 2.70. The maximum Gasteiger partial charge on any atom is 0.417 e. The number of nitrogens with one attached hydrogen (secondary N) is 2. The van der Waals surface area contributed by atoms with Gasteiger partial charge in [0.05, 0.1) is 12.1 Å². The van der Waals surface area contributed by atoms with Crippen LogP contribution in [-0.4, -0.2) is 31.3 Å². The molecule has 0 unspecified atom stereocenters. The van der Waals surface area contributed by atoms with Crippen molar-refractivity contribution in [3.05, 3.63) is 59.7 Å². The van der Waals surface area contributed by atoms with Crippen LogP contribution in [0.3, 0.4) is 0 Å². The Morgan fingerprint density at radius 1 is 1.07 bits per heavy atom. The molecule has 2 aromatic carbocycles. The molecule has 0 fully saturated rings. The van der Waals surface area contributed by atoms with E-state index in [0.29, 0.717) is 11.1 Å². The van der Waals surface area contributed by atoms with E-state index in [1.54, 1.807) is 30.3 Å². The number of benzene rings is 2. The summed E-state index contributed by atoms with van der Waals surface area (Å²) in [6.07, 6.45) is -4.55. The van der Waals surface area contributed by atoms with Crippen LogP contribution in [0.5, 0.6) is 0 Å². The molecule has 0 saturated heterocycles. The van der Waals surface area contributed by atoms with Crippen molar-refractivity contribution >= 4 is 16.0 Å². The summed E-state index contributed by atoms with van der Waals surface area (Å²) in [7, 11) is -4.33. The number of rotatable bonds is 7. The fraction of sp³-hybridized carbons (Fsp3) is 0.235. The third kappa shape index (κ3) is 6.66. The summed E-state index contributed by atoms with van der Waals surface area (Å²) >= 11 is 0. The highest BCUT2D eigenvalue weighted by atomic mass is 32.2. The summed E-state index contributed by atoms with van der Waals surface area (Å²) in [6, 6.07) is 12.1. The molecule has 146 valence electrons. The standard InChI is InChI=1S/C17H17F3N2O4S/c18-17(19,20)15-8-12(6-7-14(15)13-4-2-1-3-5-13)9-21-10-16(23)22-11-27(24,25)26/h1-8,21H,9-11H2,(H,22,23)(H,24,25,26). The van der Waals surface area contributed by atoms with Gasteiger partial charge >= 0.3 is 6.18 Å². The molecule has 2 rings (SSSR count). The maximum atomic E-state index is 13.4. The Balaban J connectivity index is 2.07. The molecule has 0 atom stereocenters. The van der Waals surface area contributed by atoms with Crippen LogP contribution in [0.4, 0.5) is 13.2 Å². The van der Waals surface area contributed by atoms with Crippen molar-refractivity contribution in [3.63, 3.8) is 0 Å². The first kappa shape index (κ1) is 20.9. The second-order valence-corrected chi connectivity index (χ2v) is 7.13. The van der Waals surface area contributed by atoms with E-state index < -0.39 is 33.6 Å². The third-order valence-corrected chi connectivity index (χ3v) is 4.05. The molecule has 0 radical (unpaired) electrons. The molecule has 10 heteroatoms. The number of alkyl halides is 3. The van der Waals surface area contributed by atoms with E-state index in [1.165, 1.54) is 12.1 Å². The lowest BCUT2D eigenvalue weighted by Gasteiger charge is -2.15. The lowest BCUT2D eigenvalue weighted by molar-refractivity contribution is -0.137. The molecule has 0 aliphatic heterocycles. The summed E-state index contributed by atoms with van der Waals surface area (Å²) in [4.78, 5) is 11.4. The van der Waals surface area contributed by atoms with Gasteiger partial charge in [-0.25, -0.2) is 0 Å². The Bertz CT molecular complexity index is 900. The van der Waals surface area contributed by atoms with Gasteiger partial charge in [0.25, 0.3) is 10.1 Å². The molecule has 27 heavy (non-hydrogen) atoms. The summed E-state index contributed by atoms with van der Waals surface area (Å²) in [5, 5.41) is 4.58. The van der Waals surface area contributed by atoms with Gasteiger partial charge in [-0.3, -0.25) is 9.35 Å². The van der Waals surface area contributed by atoms with Gasteiger partial charge in [-0.1, -0.05) is 42.5 Å². The van der Waals surface area contributed by atoms with Crippen molar-refractivity contribution in [1.82, 2.24) is 10.6 Å². The summed E-state index contributed by atoms with van der Waals surface area (Å²) in [5.74, 6) is -1.65. The van der Waals surface area contributed by atoms with Crippen molar-refractivity contribution < 1.29 is 30.9 Å². The molecular weight excluding hydrogens is 385 g/mol. The molecule has 0 spiro atoms. The summed E-state index contributed by atoms with van der Waals surface area (Å²) < 4.78 is 69.8. The van der Waals surface area contributed by atoms with Gasteiger partial charge in [-0.05, 0) is 22.8 Å². The maximum absolute atomic E-state index is 13.4. The van der Waals surface area contributed by atoms with Gasteiger partial charge in [-0.2, -0.15) is 21.6 Å². The molecule has 0 aliphatic carbocycles. The van der Waals surface area contributed by atoms with Crippen LogP contribution in [0.15, 0.2) is 48.5 Å². The van der Waals surface area contributed by atoms with E-state index in [-0.39, 0.29) is 18.7 Å². The fourth-order valence-electron chi connectivity index (χ4n) is 2.36. The smallest absolute Gasteiger partial charge is 0.339 e. The Kier molecular flexibility index (Phi) is 6.58. The van der Waals surface area contributed by atoms with Gasteiger partial charge in [0, 0.05) is 6.54 Å². The van der Waals surface area contributed by atoms with Crippen LogP contribution >= 0.6 is 0 Å². The largest absolute Gasteiger partial charge is 0.417 e. The van der Waals surface area contributed by atoms with Crippen LogP contribution in [0.25, 0.3) is 11.1 Å². The first-order valence-electron chi connectivity index (χ1n) is 7.74. The van der Waals surface area contributed by atoms with E-state index in [0.717, 1.165) is 6.07 Å². The van der Waals surface area contributed by atoms with Crippen molar-refractivity contribution in [2.45, 2.75) is 12.7 Å². The summed E-state index contributed by atoms with van der Waals surface area (Å²) in [6.45, 7) is -0.352. The number of carbonyl (C=O) groups is 1. The Morgan fingerprint density at radius 2 is 1.74 bits per heavy atom. The molecular formula is C17H17F3N2O4S. The highest BCUT2D eigenvalue weighted by Gasteiger charge is 2.33. The van der Waals surface area contributed by atoms with Crippen LogP contribution in [-0.2, 0) is 27.6 Å². The average molecular weight is 402 g/mol. The van der Waals surface area contributed by atoms with E-state index in [1.807, 2.05) is 5.32 Å². The molecule has 3 N–H and O–H groups in total. The molecule has 0 heterocycles. The molecule has 1 amide bonds. The Hall–Kier alpha value is -2.43. The van der Waals surface area contributed by atoms with Gasteiger partial charge in [-0.15, -0.1) is 0 Å². The summed E-state index contributed by atoms with van der Waals surface area (Å²) in [5.41, 5.74) is 0.0140. The third-order valence-electron chi connectivity index (χ3n) is 3.54. The average Bonchev–Trinajstić information content (AvgIpc) is 2.59. The Morgan fingerprint density at radius 3 is 2.33 bits per heavy atom. The van der Waals surface area contributed by atoms with Crippen molar-refractivity contribution in [2.75, 3.05) is 12.4 Å². The zero-order valence-corrected chi connectivity index (χ0v) is 14.8. The minimum absolute atomic E-state index is 0.0303. The van der Waals surface area contributed by atoms with Gasteiger partial charge < -0.3 is 10.6 Å². The van der Waals surface area contributed by atoms with E-state index >= 15 is 0 Å². The second-order valence-electron chi connectivity index (χ2n) is 5.67. The lowest BCUT2D eigenvalue weighted by atomic mass is 9.97. The predicted octanol–water partition coefficient (Wildman–Crippen LogP) is 2.42. The normalized spacial score (nSPS) is 12.0. The van der Waals surface area contributed by atoms with Crippen LogP contribution < -0.4 is 10.6 Å². The van der Waals surface area contributed by atoms with Gasteiger partial charge in [0.2, 0.25) is 5.91 Å². The molecule has 0 aromatic heterocycles. The topological polar surface area (TPSA) is 95.5 Å². The van der Waals surface area contributed by atoms with Crippen LogP contribution in [0, 0.1) is 0 Å². The minimum atomic E-state index is -4.55. The van der Waals surface area contributed by atoms with E-state index in [4.69, 9.17) is 4.55 Å². The Labute approximate surface area is 154 Å². The number of hydrogen-bond acceptors (Lipinski definition) is 4. The predicted molar refractivity (Wildman–Crippen MR) is 93.1 cm³/mol. The monoisotopic (exact) mass is 402 g/mol. The zero-order chi connectivity index (χ0) is 20.1. The second kappa shape index (κ2) is 8.51. The molecule has 0 bridgehead atoms. The van der Waals surface area contributed by atoms with Crippen molar-refractivity contribution in [1.29, 1.82) is 0 Å². The van der Waals surface area contributed by atoms with Crippen molar-refractivity contribution in [2.24, 2.45) is 0 Å². The SMILES string of the molecule is O=C(CNCc1ccc(-c2ccccc2)c(C(F)(F)F)c1)NCS(=O)(=O)O. The van der Waals surface area contributed by atoms with Crippen LogP contribution in [0.1, 0.15) is 11.1 Å². The van der Waals surface area contributed by atoms with Gasteiger partial charge in [0.1, 0.15) is 5.88 Å². The van der Waals surface area contributed by atoms with E-state index in [2.05, 4.69) is 5.32 Å². The lowest BCUT2D eigenvalue weighted by Crippen LogP contribution is -2.36. The quantitative estimate of drug-likeness (QED) is 0.619. The molecule has 0 aliphatic rings. The number of amides is 1. The number of carbonyl (C=O) groups excluding carboxylic acids is 1. The molecule has 2 aromatic rings. The highest BCUT2D eigenvalue weighted by molar-refractivity contribution is 7.85. The molecule has 6 nitrogen and oxygen atoms in total. The van der Waals surface area contributed by atoms with Crippen LogP contribution in [0.2, 0.25) is 0 Å². The van der Waals surface area contributed by atoms with Gasteiger partial charge in [0.15, 0.2) is 0 Å². The minimum Gasteiger partial charge on any atom is -0.339 e. The van der Waals surface area contributed by atoms with Crippen molar-refractivity contribution in [3.8, 4) is 11.1 Å².